The molecule has 2 aromatic carbocycles. The number of unbranched alkanes of at least 4 members (excludes halogenated alkanes) is 1. The molecule has 0 aromatic heterocycles. The number of esters is 2. The first kappa shape index (κ1) is 32.0. The van der Waals surface area contributed by atoms with Crippen molar-refractivity contribution in [3.63, 3.8) is 0 Å². The summed E-state index contributed by atoms with van der Waals surface area (Å²) in [5, 5.41) is 3.97. The zero-order chi connectivity index (χ0) is 27.9. The molecule has 0 heterocycles. The molecule has 1 N–H and O–H groups in total. The van der Waals surface area contributed by atoms with Crippen LogP contribution in [0.25, 0.3) is 0 Å². The summed E-state index contributed by atoms with van der Waals surface area (Å²) < 4.78 is 56.6. The topological polar surface area (TPSA) is 133 Å². The summed E-state index contributed by atoms with van der Waals surface area (Å²) in [7, 11) is -6.76. The van der Waals surface area contributed by atoms with Gasteiger partial charge in [-0.15, -0.1) is 0 Å². The lowest BCUT2D eigenvalue weighted by molar-refractivity contribution is 0.0516. The zero-order valence-electron chi connectivity index (χ0n) is 21.4. The average molecular weight is 554 g/mol. The molecule has 0 saturated heterocycles. The van der Waals surface area contributed by atoms with E-state index >= 15 is 0 Å². The van der Waals surface area contributed by atoms with Gasteiger partial charge >= 0.3 is 11.9 Å². The van der Waals surface area contributed by atoms with Crippen molar-refractivity contribution in [3.8, 4) is 0 Å². The maximum absolute atomic E-state index is 12.1. The first-order chi connectivity index (χ1) is 17.5. The van der Waals surface area contributed by atoms with Crippen molar-refractivity contribution in [2.24, 2.45) is 0 Å². The number of carbonyl (C=O) groups is 2. The fourth-order valence-electron chi connectivity index (χ4n) is 2.86. The van der Waals surface area contributed by atoms with Gasteiger partial charge in [-0.25, -0.2) is 26.4 Å². The second-order valence-electron chi connectivity index (χ2n) is 7.62. The van der Waals surface area contributed by atoms with Gasteiger partial charge in [0.1, 0.15) is 0 Å². The fraction of sp³-hybridized carbons (Fsp3) is 0.385. The summed E-state index contributed by atoms with van der Waals surface area (Å²) in [6.45, 7) is 10.6. The molecule has 0 spiro atoms. The highest BCUT2D eigenvalue weighted by Crippen LogP contribution is 2.14. The molecule has 2 aromatic rings. The molecule has 0 atom stereocenters. The number of nitrogens with one attached hydrogen (secondary N) is 1. The summed E-state index contributed by atoms with van der Waals surface area (Å²) in [6.07, 6.45) is 2.11. The highest BCUT2D eigenvalue weighted by atomic mass is 32.2. The normalized spacial score (nSPS) is 11.1. The Kier molecular flexibility index (Phi) is 13.8. The largest absolute Gasteiger partial charge is 0.462 e. The van der Waals surface area contributed by atoms with Crippen LogP contribution in [0, 0.1) is 0 Å². The van der Waals surface area contributed by atoms with Gasteiger partial charge in [0.2, 0.25) is 0 Å². The molecule has 0 aliphatic heterocycles. The number of ether oxygens (including phenoxy) is 2. The first-order valence-electron chi connectivity index (χ1n) is 11.9. The average Bonchev–Trinajstić information content (AvgIpc) is 2.89. The van der Waals surface area contributed by atoms with Crippen LogP contribution in [0.4, 0.5) is 0 Å². The third-order valence-electron chi connectivity index (χ3n) is 4.89. The molecule has 0 amide bonds. The van der Waals surface area contributed by atoms with Gasteiger partial charge in [-0.1, -0.05) is 19.9 Å². The van der Waals surface area contributed by atoms with E-state index in [0.717, 1.165) is 24.8 Å². The number of sulfone groups is 2. The van der Waals surface area contributed by atoms with Crippen molar-refractivity contribution >= 4 is 31.6 Å². The maximum atomic E-state index is 12.1. The Bertz CT molecular complexity index is 1220. The van der Waals surface area contributed by atoms with Gasteiger partial charge in [0, 0.05) is 12.0 Å². The minimum Gasteiger partial charge on any atom is -0.462 e. The molecule has 0 aliphatic carbocycles. The number of hydrogen-bond donors (Lipinski definition) is 1. The Hall–Kier alpha value is -3.02. The lowest BCUT2D eigenvalue weighted by atomic mass is 10.2. The molecular formula is C26H35NO8S2. The van der Waals surface area contributed by atoms with Gasteiger partial charge in [-0.05, 0) is 75.3 Å². The van der Waals surface area contributed by atoms with E-state index in [9.17, 15) is 26.4 Å². The Morgan fingerprint density at radius 1 is 0.784 bits per heavy atom. The van der Waals surface area contributed by atoms with E-state index in [-0.39, 0.29) is 22.2 Å². The standard InChI is InChI=1S/C15H23NO4S.C11H12O4S/c1-3-5-10-16-11-12-21(18,19)14-8-6-13(7-9-14)15(17)20-4-2;1-3-15-11(12)9-5-7-10(8-6-9)16(13,14)4-2/h6-9,16H,3-5,10-12H2,1-2H3;4-8H,2-3H2,1H3. The summed E-state index contributed by atoms with van der Waals surface area (Å²) in [6, 6.07) is 11.4. The summed E-state index contributed by atoms with van der Waals surface area (Å²) >= 11 is 0. The van der Waals surface area contributed by atoms with Crippen LogP contribution in [0.3, 0.4) is 0 Å². The predicted molar refractivity (Wildman–Crippen MR) is 142 cm³/mol. The summed E-state index contributed by atoms with van der Waals surface area (Å²) in [5.41, 5.74) is 0.682. The molecule has 0 unspecified atom stereocenters. The summed E-state index contributed by atoms with van der Waals surface area (Å²) in [4.78, 5) is 23.1. The third-order valence-corrected chi connectivity index (χ3v) is 7.99. The van der Waals surface area contributed by atoms with Crippen LogP contribution in [-0.4, -0.2) is 60.8 Å². The number of hydrogen-bond acceptors (Lipinski definition) is 9. The zero-order valence-corrected chi connectivity index (χ0v) is 23.1. The van der Waals surface area contributed by atoms with E-state index in [1.54, 1.807) is 13.8 Å². The smallest absolute Gasteiger partial charge is 0.338 e. The molecule has 0 radical (unpaired) electrons. The number of rotatable bonds is 13. The monoisotopic (exact) mass is 553 g/mol. The van der Waals surface area contributed by atoms with Crippen LogP contribution in [-0.2, 0) is 29.1 Å². The van der Waals surface area contributed by atoms with Crippen molar-refractivity contribution in [1.29, 1.82) is 0 Å². The van der Waals surface area contributed by atoms with Gasteiger partial charge in [0.15, 0.2) is 19.7 Å². The number of carbonyl (C=O) groups excluding carboxylic acids is 2. The van der Waals surface area contributed by atoms with Gasteiger partial charge < -0.3 is 14.8 Å². The molecule has 37 heavy (non-hydrogen) atoms. The third kappa shape index (κ3) is 10.9. The minimum atomic E-state index is -3.44. The van der Waals surface area contributed by atoms with Gasteiger partial charge in [-0.3, -0.25) is 0 Å². The fourth-order valence-corrected chi connectivity index (χ4v) is 4.76. The van der Waals surface area contributed by atoms with Crippen LogP contribution in [0.5, 0.6) is 0 Å². The quantitative estimate of drug-likeness (QED) is 0.290. The Morgan fingerprint density at radius 3 is 1.65 bits per heavy atom. The maximum Gasteiger partial charge on any atom is 0.338 e. The Balaban J connectivity index is 0.000000384. The molecule has 0 bridgehead atoms. The summed E-state index contributed by atoms with van der Waals surface area (Å²) in [5.74, 6) is -0.858. The van der Waals surface area contributed by atoms with Gasteiger partial charge in [0.25, 0.3) is 0 Å². The molecule has 0 fully saturated rings. The van der Waals surface area contributed by atoms with Crippen LogP contribution in [0.1, 0.15) is 54.3 Å². The van der Waals surface area contributed by atoms with Crippen LogP contribution < -0.4 is 5.32 Å². The van der Waals surface area contributed by atoms with Crippen molar-refractivity contribution in [2.75, 3.05) is 32.1 Å². The van der Waals surface area contributed by atoms with Crippen LogP contribution >= 0.6 is 0 Å². The van der Waals surface area contributed by atoms with Gasteiger partial charge in [-0.2, -0.15) is 0 Å². The minimum absolute atomic E-state index is 0.0511. The van der Waals surface area contributed by atoms with Crippen molar-refractivity contribution < 1.29 is 35.9 Å². The molecule has 2 rings (SSSR count). The first-order valence-corrected chi connectivity index (χ1v) is 15.1. The highest BCUT2D eigenvalue weighted by Gasteiger charge is 2.15. The van der Waals surface area contributed by atoms with E-state index in [2.05, 4.69) is 18.8 Å². The van der Waals surface area contributed by atoms with E-state index in [1.807, 2.05) is 0 Å². The lowest BCUT2D eigenvalue weighted by Gasteiger charge is -2.07. The molecule has 11 heteroatoms. The highest BCUT2D eigenvalue weighted by molar-refractivity contribution is 7.94. The predicted octanol–water partition coefficient (Wildman–Crippen LogP) is 3.81. The van der Waals surface area contributed by atoms with E-state index < -0.39 is 31.6 Å². The van der Waals surface area contributed by atoms with Crippen LogP contribution in [0.2, 0.25) is 0 Å². The van der Waals surface area contributed by atoms with E-state index in [0.29, 0.717) is 24.3 Å². The van der Waals surface area contributed by atoms with E-state index in [4.69, 9.17) is 9.47 Å². The van der Waals surface area contributed by atoms with Crippen LogP contribution in [0.15, 0.2) is 70.3 Å². The van der Waals surface area contributed by atoms with E-state index in [1.165, 1.54) is 48.5 Å². The molecule has 204 valence electrons. The van der Waals surface area contributed by atoms with Crippen molar-refractivity contribution in [3.05, 3.63) is 71.6 Å². The Labute approximate surface area is 219 Å². The molecule has 9 nitrogen and oxygen atoms in total. The number of benzene rings is 2. The molecule has 0 aliphatic rings. The molecular weight excluding hydrogens is 518 g/mol. The van der Waals surface area contributed by atoms with Gasteiger partial charge in [0.05, 0.1) is 39.9 Å². The second-order valence-corrected chi connectivity index (χ2v) is 11.6. The SMILES string of the molecule is C=CS(=O)(=O)c1ccc(C(=O)OCC)cc1.CCCCNCCS(=O)(=O)c1ccc(C(=O)OCC)cc1. The van der Waals surface area contributed by atoms with Crippen molar-refractivity contribution in [1.82, 2.24) is 5.32 Å². The second kappa shape index (κ2) is 16.0. The van der Waals surface area contributed by atoms with Crippen molar-refractivity contribution in [2.45, 2.75) is 43.4 Å². The Morgan fingerprint density at radius 2 is 1.24 bits per heavy atom. The molecule has 0 saturated carbocycles. The lowest BCUT2D eigenvalue weighted by Crippen LogP contribution is -2.24.